The molecule has 4 rings (SSSR count). The summed E-state index contributed by atoms with van der Waals surface area (Å²) in [6, 6.07) is 16.3. The van der Waals surface area contributed by atoms with Crippen LogP contribution in [0.3, 0.4) is 0 Å². The Bertz CT molecular complexity index is 988. The van der Waals surface area contributed by atoms with E-state index in [0.29, 0.717) is 0 Å². The molecule has 2 aromatic heterocycles. The Morgan fingerprint density at radius 3 is 2.79 bits per heavy atom. The smallest absolute Gasteiger partial charge is 0.170 e. The van der Waals surface area contributed by atoms with E-state index in [9.17, 15) is 0 Å². The highest BCUT2D eigenvalue weighted by Gasteiger charge is 2.41. The third-order valence-corrected chi connectivity index (χ3v) is 5.98. The molecule has 28 heavy (non-hydrogen) atoms. The average molecular weight is 456 g/mol. The fraction of sp³-hybridized carbons (Fsp3) is 0.273. The maximum Gasteiger partial charge on any atom is 0.170 e. The van der Waals surface area contributed by atoms with Crippen molar-refractivity contribution in [2.45, 2.75) is 32.4 Å². The number of nitrogens with one attached hydrogen (secondary N) is 1. The van der Waals surface area contributed by atoms with Crippen LogP contribution in [0, 0.1) is 6.92 Å². The van der Waals surface area contributed by atoms with Crippen LogP contribution in [0.4, 0.5) is 0 Å². The molecule has 0 amide bonds. The third kappa shape index (κ3) is 3.59. The largest absolute Gasteiger partial charge is 0.459 e. The van der Waals surface area contributed by atoms with Gasteiger partial charge in [0.05, 0.1) is 11.7 Å². The van der Waals surface area contributed by atoms with Gasteiger partial charge < -0.3 is 14.6 Å². The Balaban J connectivity index is 1.73. The van der Waals surface area contributed by atoms with E-state index in [-0.39, 0.29) is 12.1 Å². The molecule has 1 saturated heterocycles. The maximum absolute atomic E-state index is 6.35. The van der Waals surface area contributed by atoms with Crippen LogP contribution in [-0.2, 0) is 0 Å². The standard InChI is InChI=1S/C22H22BrN3OS/c1-3-12-26-21(20(25-22(26)28)17-6-4-5-11-24-17)19-10-9-18(27-19)15-8-7-14(2)13-16(15)23/h4-11,13,20-21H,3,12H2,1-2H3,(H,25,28). The zero-order valence-electron chi connectivity index (χ0n) is 15.9. The number of furan rings is 1. The molecule has 0 aliphatic carbocycles. The summed E-state index contributed by atoms with van der Waals surface area (Å²) >= 11 is 9.29. The Kier molecular flexibility index (Phi) is 5.51. The number of rotatable bonds is 5. The molecule has 0 spiro atoms. The van der Waals surface area contributed by atoms with Crippen LogP contribution in [0.2, 0.25) is 0 Å². The Labute approximate surface area is 179 Å². The quantitative estimate of drug-likeness (QED) is 0.492. The van der Waals surface area contributed by atoms with Gasteiger partial charge >= 0.3 is 0 Å². The van der Waals surface area contributed by atoms with Gasteiger partial charge in [0.15, 0.2) is 5.11 Å². The number of benzene rings is 1. The molecule has 1 aromatic carbocycles. The number of pyridine rings is 1. The van der Waals surface area contributed by atoms with E-state index in [1.807, 2.05) is 30.5 Å². The minimum atomic E-state index is -0.0410. The van der Waals surface area contributed by atoms with Crippen molar-refractivity contribution in [3.05, 3.63) is 76.2 Å². The molecular weight excluding hydrogens is 434 g/mol. The zero-order valence-corrected chi connectivity index (χ0v) is 18.3. The second-order valence-electron chi connectivity index (χ2n) is 7.01. The Hall–Kier alpha value is -2.18. The predicted octanol–water partition coefficient (Wildman–Crippen LogP) is 5.80. The van der Waals surface area contributed by atoms with Crippen molar-refractivity contribution in [3.63, 3.8) is 0 Å². The number of hydrogen-bond donors (Lipinski definition) is 1. The summed E-state index contributed by atoms with van der Waals surface area (Å²) in [4.78, 5) is 6.77. The van der Waals surface area contributed by atoms with E-state index in [2.05, 4.69) is 69.2 Å². The zero-order chi connectivity index (χ0) is 19.7. The van der Waals surface area contributed by atoms with E-state index >= 15 is 0 Å². The molecule has 1 aliphatic rings. The van der Waals surface area contributed by atoms with Crippen molar-refractivity contribution in [3.8, 4) is 11.3 Å². The van der Waals surface area contributed by atoms with Crippen LogP contribution >= 0.6 is 28.1 Å². The first-order valence-corrected chi connectivity index (χ1v) is 10.6. The maximum atomic E-state index is 6.35. The van der Waals surface area contributed by atoms with E-state index in [1.54, 1.807) is 0 Å². The van der Waals surface area contributed by atoms with Crippen LogP contribution in [0.5, 0.6) is 0 Å². The predicted molar refractivity (Wildman–Crippen MR) is 119 cm³/mol. The van der Waals surface area contributed by atoms with Gasteiger partial charge in [0, 0.05) is 22.8 Å². The van der Waals surface area contributed by atoms with E-state index in [1.165, 1.54) is 5.56 Å². The topological polar surface area (TPSA) is 41.3 Å². The minimum Gasteiger partial charge on any atom is -0.459 e. The van der Waals surface area contributed by atoms with Gasteiger partial charge in [-0.05, 0) is 67.5 Å². The van der Waals surface area contributed by atoms with Gasteiger partial charge in [0.1, 0.15) is 17.6 Å². The molecule has 3 aromatic rings. The van der Waals surface area contributed by atoms with Gasteiger partial charge in [0.2, 0.25) is 0 Å². The normalized spacial score (nSPS) is 19.1. The summed E-state index contributed by atoms with van der Waals surface area (Å²) in [6.45, 7) is 5.10. The molecule has 0 radical (unpaired) electrons. The van der Waals surface area contributed by atoms with Crippen molar-refractivity contribution in [2.75, 3.05) is 6.54 Å². The minimum absolute atomic E-state index is 0.0275. The van der Waals surface area contributed by atoms with Gasteiger partial charge in [0.25, 0.3) is 0 Å². The summed E-state index contributed by atoms with van der Waals surface area (Å²) in [5.74, 6) is 1.73. The van der Waals surface area contributed by atoms with Crippen LogP contribution in [0.15, 0.2) is 63.6 Å². The summed E-state index contributed by atoms with van der Waals surface area (Å²) < 4.78 is 7.38. The van der Waals surface area contributed by atoms with Gasteiger partial charge in [-0.15, -0.1) is 0 Å². The molecular formula is C22H22BrN3OS. The highest BCUT2D eigenvalue weighted by molar-refractivity contribution is 9.10. The van der Waals surface area contributed by atoms with Gasteiger partial charge in [-0.25, -0.2) is 0 Å². The first-order valence-electron chi connectivity index (χ1n) is 9.43. The molecule has 6 heteroatoms. The average Bonchev–Trinajstić information content (AvgIpc) is 3.28. The van der Waals surface area contributed by atoms with Gasteiger partial charge in [-0.3, -0.25) is 4.98 Å². The molecule has 0 bridgehead atoms. The molecule has 1 N–H and O–H groups in total. The number of nitrogens with zero attached hydrogens (tertiary/aromatic N) is 2. The summed E-state index contributed by atoms with van der Waals surface area (Å²) in [7, 11) is 0. The lowest BCUT2D eigenvalue weighted by atomic mass is 10.0. The van der Waals surface area contributed by atoms with E-state index in [0.717, 1.165) is 45.3 Å². The molecule has 2 unspecified atom stereocenters. The molecule has 1 fully saturated rings. The van der Waals surface area contributed by atoms with Crippen LogP contribution < -0.4 is 5.32 Å². The van der Waals surface area contributed by atoms with Crippen molar-refractivity contribution in [1.29, 1.82) is 0 Å². The second kappa shape index (κ2) is 8.05. The summed E-state index contributed by atoms with van der Waals surface area (Å²) in [5, 5.41) is 4.19. The lowest BCUT2D eigenvalue weighted by molar-refractivity contribution is 0.275. The second-order valence-corrected chi connectivity index (χ2v) is 8.25. The molecule has 0 saturated carbocycles. The summed E-state index contributed by atoms with van der Waals surface area (Å²) in [5.41, 5.74) is 3.21. The molecule has 4 nitrogen and oxygen atoms in total. The highest BCUT2D eigenvalue weighted by atomic mass is 79.9. The van der Waals surface area contributed by atoms with Crippen LogP contribution in [0.25, 0.3) is 11.3 Å². The van der Waals surface area contributed by atoms with Crippen molar-refractivity contribution in [2.24, 2.45) is 0 Å². The molecule has 2 atom stereocenters. The van der Waals surface area contributed by atoms with Crippen molar-refractivity contribution in [1.82, 2.24) is 15.2 Å². The first kappa shape index (κ1) is 19.2. The molecule has 3 heterocycles. The summed E-state index contributed by atoms with van der Waals surface area (Å²) in [6.07, 6.45) is 2.82. The number of halogens is 1. The Morgan fingerprint density at radius 2 is 2.07 bits per heavy atom. The number of aryl methyl sites for hydroxylation is 1. The van der Waals surface area contributed by atoms with Gasteiger partial charge in [-0.2, -0.15) is 0 Å². The van der Waals surface area contributed by atoms with Crippen LogP contribution in [-0.4, -0.2) is 21.5 Å². The fourth-order valence-corrected chi connectivity index (χ4v) is 4.69. The highest BCUT2D eigenvalue weighted by Crippen LogP contribution is 2.41. The molecule has 144 valence electrons. The van der Waals surface area contributed by atoms with Gasteiger partial charge in [-0.1, -0.05) is 35.0 Å². The monoisotopic (exact) mass is 455 g/mol. The number of thiocarbonyl (C=S) groups is 1. The fourth-order valence-electron chi connectivity index (χ4n) is 3.67. The van der Waals surface area contributed by atoms with E-state index in [4.69, 9.17) is 16.6 Å². The van der Waals surface area contributed by atoms with Crippen molar-refractivity contribution >= 4 is 33.3 Å². The SMILES string of the molecule is CCCN1C(=S)NC(c2ccccn2)C1c1ccc(-c2ccc(C)cc2Br)o1. The number of hydrogen-bond acceptors (Lipinski definition) is 3. The van der Waals surface area contributed by atoms with E-state index < -0.39 is 0 Å². The first-order chi connectivity index (χ1) is 13.6. The lowest BCUT2D eigenvalue weighted by Crippen LogP contribution is -2.30. The molecule has 1 aliphatic heterocycles. The van der Waals surface area contributed by atoms with Crippen molar-refractivity contribution < 1.29 is 4.42 Å². The Morgan fingerprint density at radius 1 is 1.21 bits per heavy atom. The number of aromatic nitrogens is 1. The third-order valence-electron chi connectivity index (χ3n) is 4.97. The van der Waals surface area contributed by atoms with Crippen LogP contribution in [0.1, 0.15) is 42.4 Å². The lowest BCUT2D eigenvalue weighted by Gasteiger charge is -2.25.